The highest BCUT2D eigenvalue weighted by Gasteiger charge is 2.13. The summed E-state index contributed by atoms with van der Waals surface area (Å²) in [7, 11) is 6.55. The normalized spacial score (nSPS) is 11.1. The standard InChI is InChI=1S/C17H23N3O3S/c1-18-17(19-9-12-5-6-24-11-12)20-10-13-7-14(21-2)16(23-4)15(8-13)22-3/h5-8,11H,9-10H2,1-4H3,(H2,18,19,20). The molecule has 0 aliphatic carbocycles. The number of thiophene rings is 1. The second kappa shape index (κ2) is 9.02. The van der Waals surface area contributed by atoms with Crippen molar-refractivity contribution in [1.29, 1.82) is 0 Å². The van der Waals surface area contributed by atoms with Crippen molar-refractivity contribution in [1.82, 2.24) is 10.6 Å². The van der Waals surface area contributed by atoms with Crippen LogP contribution in [0.2, 0.25) is 0 Å². The minimum absolute atomic E-state index is 0.583. The van der Waals surface area contributed by atoms with Gasteiger partial charge in [-0.25, -0.2) is 0 Å². The molecule has 0 bridgehead atoms. The summed E-state index contributed by atoms with van der Waals surface area (Å²) in [6, 6.07) is 5.92. The molecular formula is C17H23N3O3S. The van der Waals surface area contributed by atoms with Gasteiger partial charge in [0.25, 0.3) is 0 Å². The Hall–Kier alpha value is -2.41. The van der Waals surface area contributed by atoms with E-state index in [-0.39, 0.29) is 0 Å². The topological polar surface area (TPSA) is 64.1 Å². The minimum atomic E-state index is 0.583. The molecule has 1 aromatic carbocycles. The van der Waals surface area contributed by atoms with Gasteiger partial charge < -0.3 is 24.8 Å². The molecule has 0 unspecified atom stereocenters. The Labute approximate surface area is 146 Å². The number of hydrogen-bond acceptors (Lipinski definition) is 5. The maximum Gasteiger partial charge on any atom is 0.203 e. The van der Waals surface area contributed by atoms with E-state index in [0.29, 0.717) is 23.8 Å². The molecule has 0 aliphatic rings. The molecule has 1 heterocycles. The van der Waals surface area contributed by atoms with Gasteiger partial charge in [-0.1, -0.05) is 0 Å². The van der Waals surface area contributed by atoms with Gasteiger partial charge >= 0.3 is 0 Å². The maximum absolute atomic E-state index is 5.37. The zero-order valence-electron chi connectivity index (χ0n) is 14.4. The van der Waals surface area contributed by atoms with Crippen LogP contribution in [-0.2, 0) is 13.1 Å². The number of aliphatic imine (C=N–C) groups is 1. The molecule has 7 heteroatoms. The second-order valence-electron chi connectivity index (χ2n) is 4.94. The van der Waals surface area contributed by atoms with Gasteiger partial charge in [-0.3, -0.25) is 4.99 Å². The number of methoxy groups -OCH3 is 3. The molecule has 0 spiro atoms. The van der Waals surface area contributed by atoms with Crippen LogP contribution in [0.4, 0.5) is 0 Å². The van der Waals surface area contributed by atoms with Gasteiger partial charge in [0, 0.05) is 20.1 Å². The quantitative estimate of drug-likeness (QED) is 0.594. The first-order valence-corrected chi connectivity index (χ1v) is 8.40. The van der Waals surface area contributed by atoms with Gasteiger partial charge in [0.1, 0.15) is 0 Å². The lowest BCUT2D eigenvalue weighted by molar-refractivity contribution is 0.323. The van der Waals surface area contributed by atoms with Crippen LogP contribution in [-0.4, -0.2) is 34.3 Å². The van der Waals surface area contributed by atoms with Crippen LogP contribution in [0.1, 0.15) is 11.1 Å². The number of rotatable bonds is 7. The van der Waals surface area contributed by atoms with Crippen LogP contribution in [0, 0.1) is 0 Å². The highest BCUT2D eigenvalue weighted by atomic mass is 32.1. The smallest absolute Gasteiger partial charge is 0.203 e. The number of ether oxygens (including phenoxy) is 3. The fourth-order valence-corrected chi connectivity index (χ4v) is 2.89. The zero-order chi connectivity index (χ0) is 17.4. The molecule has 0 aliphatic heterocycles. The average Bonchev–Trinajstić information content (AvgIpc) is 3.14. The fourth-order valence-electron chi connectivity index (χ4n) is 2.22. The highest BCUT2D eigenvalue weighted by molar-refractivity contribution is 7.07. The Morgan fingerprint density at radius 1 is 1.00 bits per heavy atom. The molecule has 0 saturated heterocycles. The van der Waals surface area contributed by atoms with Crippen LogP contribution < -0.4 is 24.8 Å². The average molecular weight is 349 g/mol. The van der Waals surface area contributed by atoms with Crippen molar-refractivity contribution >= 4 is 17.3 Å². The Morgan fingerprint density at radius 2 is 1.62 bits per heavy atom. The summed E-state index contributed by atoms with van der Waals surface area (Å²) in [6.45, 7) is 1.32. The molecule has 0 atom stereocenters. The lowest BCUT2D eigenvalue weighted by Crippen LogP contribution is -2.36. The lowest BCUT2D eigenvalue weighted by Gasteiger charge is -2.15. The van der Waals surface area contributed by atoms with Crippen molar-refractivity contribution in [2.75, 3.05) is 28.4 Å². The third-order valence-corrected chi connectivity index (χ3v) is 4.18. The lowest BCUT2D eigenvalue weighted by atomic mass is 10.2. The van der Waals surface area contributed by atoms with Crippen LogP contribution in [0.5, 0.6) is 17.2 Å². The molecule has 2 rings (SSSR count). The summed E-state index contributed by atoms with van der Waals surface area (Å²) < 4.78 is 16.1. The monoisotopic (exact) mass is 349 g/mol. The second-order valence-corrected chi connectivity index (χ2v) is 5.72. The summed E-state index contributed by atoms with van der Waals surface area (Å²) in [5, 5.41) is 10.7. The first kappa shape index (κ1) is 17.9. The number of hydrogen-bond donors (Lipinski definition) is 2. The molecule has 2 aromatic rings. The van der Waals surface area contributed by atoms with Crippen molar-refractivity contribution in [2.24, 2.45) is 4.99 Å². The summed E-state index contributed by atoms with van der Waals surface area (Å²) in [4.78, 5) is 4.23. The van der Waals surface area contributed by atoms with Crippen molar-refractivity contribution in [2.45, 2.75) is 13.1 Å². The summed E-state index contributed by atoms with van der Waals surface area (Å²) in [5.41, 5.74) is 2.23. The molecule has 130 valence electrons. The molecule has 6 nitrogen and oxygen atoms in total. The van der Waals surface area contributed by atoms with E-state index < -0.39 is 0 Å². The van der Waals surface area contributed by atoms with Crippen LogP contribution >= 0.6 is 11.3 Å². The Kier molecular flexibility index (Phi) is 6.74. The van der Waals surface area contributed by atoms with Gasteiger partial charge in [0.05, 0.1) is 21.3 Å². The van der Waals surface area contributed by atoms with Gasteiger partial charge in [0.2, 0.25) is 5.75 Å². The molecule has 0 radical (unpaired) electrons. The molecule has 0 amide bonds. The largest absolute Gasteiger partial charge is 0.493 e. The Balaban J connectivity index is 2.01. The molecule has 2 N–H and O–H groups in total. The maximum atomic E-state index is 5.37. The summed E-state index contributed by atoms with van der Waals surface area (Å²) in [5.74, 6) is 2.59. The zero-order valence-corrected chi connectivity index (χ0v) is 15.2. The first-order chi connectivity index (χ1) is 11.7. The van der Waals surface area contributed by atoms with Crippen LogP contribution in [0.3, 0.4) is 0 Å². The van der Waals surface area contributed by atoms with E-state index in [0.717, 1.165) is 18.1 Å². The van der Waals surface area contributed by atoms with Crippen molar-refractivity contribution in [3.8, 4) is 17.2 Å². The summed E-state index contributed by atoms with van der Waals surface area (Å²) in [6.07, 6.45) is 0. The van der Waals surface area contributed by atoms with E-state index in [2.05, 4.69) is 32.5 Å². The van der Waals surface area contributed by atoms with Crippen molar-refractivity contribution in [3.05, 3.63) is 40.1 Å². The third kappa shape index (κ3) is 4.55. The van der Waals surface area contributed by atoms with Gasteiger partial charge in [-0.05, 0) is 40.1 Å². The van der Waals surface area contributed by atoms with Crippen molar-refractivity contribution in [3.63, 3.8) is 0 Å². The van der Waals surface area contributed by atoms with E-state index in [1.54, 1.807) is 39.7 Å². The van der Waals surface area contributed by atoms with Gasteiger partial charge in [-0.15, -0.1) is 0 Å². The molecular weight excluding hydrogens is 326 g/mol. The van der Waals surface area contributed by atoms with Crippen molar-refractivity contribution < 1.29 is 14.2 Å². The van der Waals surface area contributed by atoms with E-state index in [1.807, 2.05) is 12.1 Å². The van der Waals surface area contributed by atoms with E-state index in [4.69, 9.17) is 14.2 Å². The SMILES string of the molecule is CN=C(NCc1ccsc1)NCc1cc(OC)c(OC)c(OC)c1. The Morgan fingerprint density at radius 3 is 2.08 bits per heavy atom. The van der Waals surface area contributed by atoms with E-state index in [9.17, 15) is 0 Å². The van der Waals surface area contributed by atoms with Crippen LogP contribution in [0.15, 0.2) is 34.0 Å². The predicted octanol–water partition coefficient (Wildman–Crippen LogP) is 2.64. The number of benzene rings is 1. The highest BCUT2D eigenvalue weighted by Crippen LogP contribution is 2.38. The van der Waals surface area contributed by atoms with Crippen LogP contribution in [0.25, 0.3) is 0 Å². The predicted molar refractivity (Wildman–Crippen MR) is 97.5 cm³/mol. The van der Waals surface area contributed by atoms with Gasteiger partial charge in [0.15, 0.2) is 17.5 Å². The third-order valence-electron chi connectivity index (χ3n) is 3.45. The molecule has 0 saturated carbocycles. The molecule has 0 fully saturated rings. The number of nitrogens with zero attached hydrogens (tertiary/aromatic N) is 1. The number of guanidine groups is 1. The molecule has 24 heavy (non-hydrogen) atoms. The van der Waals surface area contributed by atoms with Gasteiger partial charge in [-0.2, -0.15) is 11.3 Å². The van der Waals surface area contributed by atoms with E-state index >= 15 is 0 Å². The van der Waals surface area contributed by atoms with E-state index in [1.165, 1.54) is 5.56 Å². The fraction of sp³-hybridized carbons (Fsp3) is 0.353. The molecule has 1 aromatic heterocycles. The Bertz CT molecular complexity index is 647. The first-order valence-electron chi connectivity index (χ1n) is 7.46. The number of nitrogens with one attached hydrogen (secondary N) is 2. The minimum Gasteiger partial charge on any atom is -0.493 e. The summed E-state index contributed by atoms with van der Waals surface area (Å²) >= 11 is 1.68.